The van der Waals surface area contributed by atoms with Crippen LogP contribution in [0, 0.1) is 11.6 Å². The SMILES string of the molecule is COC(=O)NC(C(=O)Nc1cncc(F)c1CCC1CN(C(=O)OC(C)(C)C)CC(C)N1S(=O)(=O)C1CC1)C(c1ccc(Cl)cc1)c1cccc(F)c1. The van der Waals surface area contributed by atoms with Crippen LogP contribution < -0.4 is 10.6 Å². The number of alkyl carbamates (subject to hydrolysis) is 1. The van der Waals surface area contributed by atoms with Crippen LogP contribution in [0.2, 0.25) is 5.02 Å². The van der Waals surface area contributed by atoms with Crippen molar-refractivity contribution in [2.45, 2.75) is 88.3 Å². The lowest BCUT2D eigenvalue weighted by Crippen LogP contribution is -2.61. The number of ether oxygens (including phenoxy) is 2. The van der Waals surface area contributed by atoms with Gasteiger partial charge >= 0.3 is 12.2 Å². The van der Waals surface area contributed by atoms with Crippen molar-refractivity contribution in [3.05, 3.63) is 94.3 Å². The second-order valence-electron chi connectivity index (χ2n) is 14.3. The van der Waals surface area contributed by atoms with Gasteiger partial charge in [0.1, 0.15) is 23.3 Å². The molecule has 0 radical (unpaired) electrons. The molecule has 4 unspecified atom stereocenters. The van der Waals surface area contributed by atoms with E-state index < -0.39 is 74.6 Å². The fourth-order valence-corrected chi connectivity index (χ4v) is 9.00. The van der Waals surface area contributed by atoms with Crippen molar-refractivity contribution in [2.24, 2.45) is 0 Å². The van der Waals surface area contributed by atoms with E-state index in [-0.39, 0.29) is 37.2 Å². The minimum atomic E-state index is -3.72. The van der Waals surface area contributed by atoms with Crippen LogP contribution in [0.25, 0.3) is 0 Å². The zero-order chi connectivity index (χ0) is 38.7. The molecule has 1 aliphatic carbocycles. The van der Waals surface area contributed by atoms with Crippen molar-refractivity contribution in [3.8, 4) is 0 Å². The maximum Gasteiger partial charge on any atom is 0.410 e. The number of amides is 3. The van der Waals surface area contributed by atoms with Gasteiger partial charge < -0.3 is 25.0 Å². The maximum absolute atomic E-state index is 15.7. The largest absolute Gasteiger partial charge is 0.453 e. The van der Waals surface area contributed by atoms with E-state index in [9.17, 15) is 27.2 Å². The average molecular weight is 776 g/mol. The Hall–Kier alpha value is -4.34. The summed E-state index contributed by atoms with van der Waals surface area (Å²) in [6, 6.07) is 9.29. The summed E-state index contributed by atoms with van der Waals surface area (Å²) in [5.74, 6) is -3.09. The number of carbonyl (C=O) groups is 3. The number of piperazine rings is 1. The van der Waals surface area contributed by atoms with Gasteiger partial charge in [-0.2, -0.15) is 4.31 Å². The molecule has 12 nitrogen and oxygen atoms in total. The van der Waals surface area contributed by atoms with E-state index in [2.05, 4.69) is 15.6 Å². The van der Waals surface area contributed by atoms with Crippen LogP contribution in [0.5, 0.6) is 0 Å². The number of nitrogens with zero attached hydrogens (tertiary/aromatic N) is 3. The highest BCUT2D eigenvalue weighted by Crippen LogP contribution is 2.37. The van der Waals surface area contributed by atoms with Crippen LogP contribution in [0.3, 0.4) is 0 Å². The van der Waals surface area contributed by atoms with E-state index in [0.717, 1.165) is 13.3 Å². The number of pyridine rings is 1. The fraction of sp³-hybridized carbons (Fsp3) is 0.459. The molecular weight excluding hydrogens is 732 g/mol. The Labute approximate surface area is 313 Å². The van der Waals surface area contributed by atoms with E-state index in [1.54, 1.807) is 58.0 Å². The smallest absolute Gasteiger partial charge is 0.410 e. The number of anilines is 1. The molecule has 0 bridgehead atoms. The van der Waals surface area contributed by atoms with Crippen LogP contribution >= 0.6 is 11.6 Å². The average Bonchev–Trinajstić information content (AvgIpc) is 3.94. The molecule has 1 saturated carbocycles. The number of aromatic nitrogens is 1. The van der Waals surface area contributed by atoms with Gasteiger partial charge in [0.15, 0.2) is 0 Å². The first-order valence-electron chi connectivity index (χ1n) is 17.3. The van der Waals surface area contributed by atoms with Crippen LogP contribution in [-0.4, -0.2) is 89.9 Å². The summed E-state index contributed by atoms with van der Waals surface area (Å²) in [5.41, 5.74) is 0.0868. The molecule has 2 fully saturated rings. The molecular formula is C37H44ClF2N5O7S. The van der Waals surface area contributed by atoms with Gasteiger partial charge in [0, 0.05) is 41.7 Å². The highest BCUT2D eigenvalue weighted by Gasteiger charge is 2.48. The minimum Gasteiger partial charge on any atom is -0.453 e. The fourth-order valence-electron chi connectivity index (χ4n) is 6.64. The molecule has 1 aliphatic heterocycles. The maximum atomic E-state index is 15.7. The number of rotatable bonds is 11. The van der Waals surface area contributed by atoms with Crippen LogP contribution in [0.15, 0.2) is 60.9 Å². The summed E-state index contributed by atoms with van der Waals surface area (Å²) in [5, 5.41) is 5.14. The number of sulfonamides is 1. The van der Waals surface area contributed by atoms with E-state index in [1.165, 1.54) is 33.6 Å². The van der Waals surface area contributed by atoms with Crippen molar-refractivity contribution in [2.75, 3.05) is 25.5 Å². The van der Waals surface area contributed by atoms with E-state index in [1.807, 2.05) is 0 Å². The molecule has 4 atom stereocenters. The van der Waals surface area contributed by atoms with Gasteiger partial charge in [0.05, 0.1) is 30.4 Å². The van der Waals surface area contributed by atoms with Crippen molar-refractivity contribution >= 4 is 45.4 Å². The molecule has 2 aliphatic rings. The number of nitrogens with one attached hydrogen (secondary N) is 2. The first kappa shape index (κ1) is 39.9. The molecule has 2 N–H and O–H groups in total. The number of hydrogen-bond acceptors (Lipinski definition) is 8. The van der Waals surface area contributed by atoms with Gasteiger partial charge in [-0.1, -0.05) is 35.9 Å². The molecule has 1 aromatic heterocycles. The van der Waals surface area contributed by atoms with E-state index >= 15 is 4.39 Å². The molecule has 5 rings (SSSR count). The second-order valence-corrected chi connectivity index (χ2v) is 16.9. The second kappa shape index (κ2) is 16.4. The van der Waals surface area contributed by atoms with Crippen molar-refractivity contribution < 1.29 is 41.1 Å². The quantitative estimate of drug-likeness (QED) is 0.233. The van der Waals surface area contributed by atoms with E-state index in [4.69, 9.17) is 21.1 Å². The Bertz CT molecular complexity index is 1920. The Morgan fingerprint density at radius 3 is 2.36 bits per heavy atom. The van der Waals surface area contributed by atoms with Gasteiger partial charge in [-0.25, -0.2) is 26.8 Å². The van der Waals surface area contributed by atoms with Crippen molar-refractivity contribution in [1.82, 2.24) is 19.5 Å². The van der Waals surface area contributed by atoms with Gasteiger partial charge in [-0.3, -0.25) is 9.78 Å². The summed E-state index contributed by atoms with van der Waals surface area (Å²) < 4.78 is 69.4. The predicted octanol–water partition coefficient (Wildman–Crippen LogP) is 6.24. The Kier molecular flexibility index (Phi) is 12.3. The number of halogens is 3. The highest BCUT2D eigenvalue weighted by atomic mass is 35.5. The molecule has 2 heterocycles. The summed E-state index contributed by atoms with van der Waals surface area (Å²) in [7, 11) is -2.59. The van der Waals surface area contributed by atoms with Crippen molar-refractivity contribution in [1.29, 1.82) is 0 Å². The van der Waals surface area contributed by atoms with Crippen LogP contribution in [-0.2, 0) is 30.7 Å². The number of benzene rings is 2. The monoisotopic (exact) mass is 775 g/mol. The number of carbonyl (C=O) groups excluding carboxylic acids is 3. The standard InChI is InChI=1S/C37H44ClF2N5O7S/c1-22-20-44(36(48)52-37(2,3)4)21-27(45(22)53(49,50)28-14-15-28)13-16-29-30(40)18-41-19-31(29)42-34(46)33(43-35(47)51-5)32(23-9-11-25(38)12-10-23)24-7-6-8-26(39)17-24/h6-12,17-19,22,27-28,32-33H,13-16,20-21H2,1-5H3,(H,42,46)(H,43,47). The summed E-state index contributed by atoms with van der Waals surface area (Å²) >= 11 is 6.14. The molecule has 1 saturated heterocycles. The Balaban J connectivity index is 1.46. The molecule has 3 aromatic rings. The number of methoxy groups -OCH3 is 1. The lowest BCUT2D eigenvalue weighted by molar-refractivity contribution is -0.118. The third kappa shape index (κ3) is 9.81. The predicted molar refractivity (Wildman–Crippen MR) is 195 cm³/mol. The van der Waals surface area contributed by atoms with Gasteiger partial charge in [-0.05, 0) is 88.8 Å². The lowest BCUT2D eigenvalue weighted by atomic mass is 9.84. The van der Waals surface area contributed by atoms with Gasteiger partial charge in [-0.15, -0.1) is 0 Å². The molecule has 2 aromatic carbocycles. The van der Waals surface area contributed by atoms with Crippen LogP contribution in [0.4, 0.5) is 24.1 Å². The third-order valence-electron chi connectivity index (χ3n) is 9.10. The summed E-state index contributed by atoms with van der Waals surface area (Å²) in [6.45, 7) is 7.08. The first-order chi connectivity index (χ1) is 25.0. The molecule has 16 heteroatoms. The number of hydrogen-bond donors (Lipinski definition) is 2. The van der Waals surface area contributed by atoms with Crippen molar-refractivity contribution in [3.63, 3.8) is 0 Å². The Morgan fingerprint density at radius 1 is 1.04 bits per heavy atom. The topological polar surface area (TPSA) is 147 Å². The normalized spacial score (nSPS) is 19.2. The summed E-state index contributed by atoms with van der Waals surface area (Å²) in [4.78, 5) is 45.4. The first-order valence-corrected chi connectivity index (χ1v) is 19.2. The van der Waals surface area contributed by atoms with Gasteiger partial charge in [0.2, 0.25) is 15.9 Å². The van der Waals surface area contributed by atoms with Gasteiger partial charge in [0.25, 0.3) is 0 Å². The Morgan fingerprint density at radius 2 is 1.74 bits per heavy atom. The van der Waals surface area contributed by atoms with E-state index in [0.29, 0.717) is 29.0 Å². The third-order valence-corrected chi connectivity index (χ3v) is 11.9. The molecule has 3 amide bonds. The zero-order valence-corrected chi connectivity index (χ0v) is 31.7. The van der Waals surface area contributed by atoms with Crippen LogP contribution in [0.1, 0.15) is 69.6 Å². The highest BCUT2D eigenvalue weighted by molar-refractivity contribution is 7.90. The zero-order valence-electron chi connectivity index (χ0n) is 30.1. The lowest BCUT2D eigenvalue weighted by Gasteiger charge is -2.45. The molecule has 0 spiro atoms. The molecule has 53 heavy (non-hydrogen) atoms. The minimum absolute atomic E-state index is 0.0150. The summed E-state index contributed by atoms with van der Waals surface area (Å²) in [6.07, 6.45) is 1.80. The molecule has 286 valence electrons.